The summed E-state index contributed by atoms with van der Waals surface area (Å²) in [6, 6.07) is 6.08. The van der Waals surface area contributed by atoms with Gasteiger partial charge in [0, 0.05) is 19.6 Å². The van der Waals surface area contributed by atoms with E-state index in [9.17, 15) is 5.11 Å². The van der Waals surface area contributed by atoms with Crippen LogP contribution < -0.4 is 4.74 Å². The Bertz CT molecular complexity index is 396. The zero-order valence-corrected chi connectivity index (χ0v) is 9.89. The maximum absolute atomic E-state index is 10.4. The third-order valence-corrected chi connectivity index (χ3v) is 3.77. The van der Waals surface area contributed by atoms with Gasteiger partial charge in [-0.05, 0) is 42.0 Å². The van der Waals surface area contributed by atoms with Gasteiger partial charge < -0.3 is 14.6 Å². The van der Waals surface area contributed by atoms with Gasteiger partial charge in [0.05, 0.1) is 12.7 Å². The van der Waals surface area contributed by atoms with Crippen LogP contribution in [0.3, 0.4) is 0 Å². The number of benzene rings is 1. The summed E-state index contributed by atoms with van der Waals surface area (Å²) in [5.74, 6) is 1.32. The molecule has 0 aliphatic carbocycles. The molecule has 0 radical (unpaired) electrons. The Hall–Kier alpha value is -1.06. The second-order valence-corrected chi connectivity index (χ2v) is 4.86. The Morgan fingerprint density at radius 3 is 2.82 bits per heavy atom. The van der Waals surface area contributed by atoms with Crippen LogP contribution in [0.4, 0.5) is 0 Å². The molecule has 1 fully saturated rings. The number of hydrogen-bond donors (Lipinski definition) is 1. The van der Waals surface area contributed by atoms with Crippen molar-refractivity contribution >= 4 is 0 Å². The average molecular weight is 234 g/mol. The monoisotopic (exact) mass is 234 g/mol. The first-order valence-electron chi connectivity index (χ1n) is 6.36. The van der Waals surface area contributed by atoms with Crippen LogP contribution in [0, 0.1) is 5.92 Å². The van der Waals surface area contributed by atoms with Gasteiger partial charge in [-0.1, -0.05) is 6.07 Å². The Labute approximate surface area is 101 Å². The third kappa shape index (κ3) is 2.17. The molecule has 3 rings (SSSR count). The zero-order valence-electron chi connectivity index (χ0n) is 9.89. The van der Waals surface area contributed by atoms with Crippen molar-refractivity contribution < 1.29 is 14.6 Å². The lowest BCUT2D eigenvalue weighted by Crippen LogP contribution is -2.22. The number of aliphatic hydroxyl groups is 1. The molecule has 1 aromatic carbocycles. The molecule has 0 saturated carbocycles. The molecular weight excluding hydrogens is 216 g/mol. The minimum atomic E-state index is -0.357. The number of rotatable bonds is 2. The lowest BCUT2D eigenvalue weighted by Gasteiger charge is -2.27. The molecule has 1 aromatic rings. The molecule has 3 nitrogen and oxygen atoms in total. The quantitative estimate of drug-likeness (QED) is 0.851. The van der Waals surface area contributed by atoms with E-state index in [4.69, 9.17) is 9.47 Å². The van der Waals surface area contributed by atoms with E-state index in [1.807, 2.05) is 12.1 Å². The molecule has 3 heteroatoms. The molecule has 0 spiro atoms. The summed E-state index contributed by atoms with van der Waals surface area (Å²) in [5, 5.41) is 10.4. The highest BCUT2D eigenvalue weighted by Crippen LogP contribution is 2.33. The first-order valence-corrected chi connectivity index (χ1v) is 6.36. The minimum Gasteiger partial charge on any atom is -0.493 e. The first-order chi connectivity index (χ1) is 8.34. The lowest BCUT2D eigenvalue weighted by atomic mass is 9.88. The van der Waals surface area contributed by atoms with Crippen molar-refractivity contribution in [2.75, 3.05) is 19.8 Å². The van der Waals surface area contributed by atoms with Gasteiger partial charge in [0.2, 0.25) is 0 Å². The highest BCUT2D eigenvalue weighted by Gasteiger charge is 2.24. The van der Waals surface area contributed by atoms with Gasteiger partial charge in [-0.25, -0.2) is 0 Å². The summed E-state index contributed by atoms with van der Waals surface area (Å²) in [4.78, 5) is 0. The zero-order chi connectivity index (χ0) is 11.7. The lowest BCUT2D eigenvalue weighted by molar-refractivity contribution is 0.00716. The summed E-state index contributed by atoms with van der Waals surface area (Å²) in [7, 11) is 0. The van der Waals surface area contributed by atoms with Gasteiger partial charge in [0.25, 0.3) is 0 Å². The predicted octanol–water partition coefficient (Wildman–Crippen LogP) is 2.08. The van der Waals surface area contributed by atoms with Crippen LogP contribution in [0.25, 0.3) is 0 Å². The Morgan fingerprint density at radius 1 is 1.18 bits per heavy atom. The SMILES string of the molecule is OC(c1ccc2c(c1)CCO2)C1CCOCC1. The summed E-state index contributed by atoms with van der Waals surface area (Å²) >= 11 is 0. The van der Waals surface area contributed by atoms with E-state index < -0.39 is 0 Å². The van der Waals surface area contributed by atoms with Gasteiger partial charge in [-0.2, -0.15) is 0 Å². The van der Waals surface area contributed by atoms with E-state index in [2.05, 4.69) is 6.07 Å². The fourth-order valence-corrected chi connectivity index (χ4v) is 2.69. The average Bonchev–Trinajstić information content (AvgIpc) is 2.86. The normalized spacial score (nSPS) is 21.9. The van der Waals surface area contributed by atoms with Gasteiger partial charge in [0.15, 0.2) is 0 Å². The van der Waals surface area contributed by atoms with Gasteiger partial charge in [-0.15, -0.1) is 0 Å². The second-order valence-electron chi connectivity index (χ2n) is 4.86. The molecule has 17 heavy (non-hydrogen) atoms. The van der Waals surface area contributed by atoms with Crippen molar-refractivity contribution in [3.05, 3.63) is 29.3 Å². The largest absolute Gasteiger partial charge is 0.493 e. The molecule has 1 N–H and O–H groups in total. The minimum absolute atomic E-state index is 0.337. The Morgan fingerprint density at radius 2 is 2.00 bits per heavy atom. The van der Waals surface area contributed by atoms with E-state index in [0.29, 0.717) is 5.92 Å². The predicted molar refractivity (Wildman–Crippen MR) is 64.1 cm³/mol. The second kappa shape index (κ2) is 4.67. The first kappa shape index (κ1) is 11.1. The van der Waals surface area contributed by atoms with Crippen LogP contribution in [-0.2, 0) is 11.2 Å². The molecule has 2 aliphatic rings. The molecule has 0 bridgehead atoms. The van der Waals surface area contributed by atoms with Crippen LogP contribution >= 0.6 is 0 Å². The van der Waals surface area contributed by atoms with Crippen molar-refractivity contribution in [1.82, 2.24) is 0 Å². The maximum Gasteiger partial charge on any atom is 0.122 e. The van der Waals surface area contributed by atoms with Crippen molar-refractivity contribution in [1.29, 1.82) is 0 Å². The van der Waals surface area contributed by atoms with Crippen LogP contribution in [0.1, 0.15) is 30.1 Å². The molecular formula is C14H18O3. The van der Waals surface area contributed by atoms with E-state index in [1.165, 1.54) is 5.56 Å². The number of fused-ring (bicyclic) bond motifs is 1. The van der Waals surface area contributed by atoms with Gasteiger partial charge in [0.1, 0.15) is 5.75 Å². The number of aliphatic hydroxyl groups excluding tert-OH is 1. The van der Waals surface area contributed by atoms with E-state index >= 15 is 0 Å². The number of hydrogen-bond acceptors (Lipinski definition) is 3. The van der Waals surface area contributed by atoms with Crippen molar-refractivity contribution in [2.24, 2.45) is 5.92 Å². The van der Waals surface area contributed by atoms with Crippen molar-refractivity contribution in [3.63, 3.8) is 0 Å². The standard InChI is InChI=1S/C14H18O3/c15-14(10-3-6-16-7-4-10)12-1-2-13-11(9-12)5-8-17-13/h1-2,9-10,14-15H,3-8H2. The van der Waals surface area contributed by atoms with Gasteiger partial charge in [-0.3, -0.25) is 0 Å². The van der Waals surface area contributed by atoms with Crippen LogP contribution in [0.2, 0.25) is 0 Å². The highest BCUT2D eigenvalue weighted by atomic mass is 16.5. The summed E-state index contributed by atoms with van der Waals surface area (Å²) in [6.07, 6.45) is 2.51. The van der Waals surface area contributed by atoms with Gasteiger partial charge >= 0.3 is 0 Å². The van der Waals surface area contributed by atoms with Crippen LogP contribution in [-0.4, -0.2) is 24.9 Å². The van der Waals surface area contributed by atoms with Crippen LogP contribution in [0.15, 0.2) is 18.2 Å². The molecule has 2 heterocycles. The summed E-state index contributed by atoms with van der Waals surface area (Å²) < 4.78 is 10.8. The van der Waals surface area contributed by atoms with E-state index in [0.717, 1.165) is 50.4 Å². The smallest absolute Gasteiger partial charge is 0.122 e. The molecule has 0 amide bonds. The molecule has 1 saturated heterocycles. The maximum atomic E-state index is 10.4. The molecule has 92 valence electrons. The molecule has 1 unspecified atom stereocenters. The topological polar surface area (TPSA) is 38.7 Å². The molecule has 0 aromatic heterocycles. The third-order valence-electron chi connectivity index (χ3n) is 3.77. The fourth-order valence-electron chi connectivity index (χ4n) is 2.69. The van der Waals surface area contributed by atoms with Crippen molar-refractivity contribution in [2.45, 2.75) is 25.4 Å². The van der Waals surface area contributed by atoms with E-state index in [1.54, 1.807) is 0 Å². The molecule has 2 aliphatic heterocycles. The van der Waals surface area contributed by atoms with E-state index in [-0.39, 0.29) is 6.10 Å². The summed E-state index contributed by atoms with van der Waals surface area (Å²) in [6.45, 7) is 2.32. The van der Waals surface area contributed by atoms with Crippen LogP contribution in [0.5, 0.6) is 5.75 Å². The summed E-state index contributed by atoms with van der Waals surface area (Å²) in [5.41, 5.74) is 2.26. The Kier molecular flexibility index (Phi) is 3.04. The van der Waals surface area contributed by atoms with Crippen molar-refractivity contribution in [3.8, 4) is 5.75 Å². The Balaban J connectivity index is 1.78. The fraction of sp³-hybridized carbons (Fsp3) is 0.571. The molecule has 1 atom stereocenters. The number of ether oxygens (including phenoxy) is 2. The highest BCUT2D eigenvalue weighted by molar-refractivity contribution is 5.40.